The van der Waals surface area contributed by atoms with Crippen molar-refractivity contribution in [2.75, 3.05) is 12.8 Å². The smallest absolute Gasteiger partial charge is 0.218 e. The maximum atomic E-state index is 10.6. The fourth-order valence-electron chi connectivity index (χ4n) is 7.22. The minimum Gasteiger partial charge on any atom is -0.393 e. The summed E-state index contributed by atoms with van der Waals surface area (Å²) in [5, 5.41) is 41.9. The summed E-state index contributed by atoms with van der Waals surface area (Å²) < 4.78 is 15.1. The first-order valence-corrected chi connectivity index (χ1v) is 22.3. The Morgan fingerprint density at radius 1 is 0.582 bits per heavy atom. The van der Waals surface area contributed by atoms with Crippen molar-refractivity contribution in [2.45, 2.75) is 134 Å². The van der Waals surface area contributed by atoms with Gasteiger partial charge in [-0.25, -0.2) is 4.57 Å². The lowest BCUT2D eigenvalue weighted by molar-refractivity contribution is -0.708. The molecule has 0 saturated heterocycles. The van der Waals surface area contributed by atoms with Crippen LogP contribution in [0.15, 0.2) is 110 Å². The Hall–Kier alpha value is -2.64. The van der Waals surface area contributed by atoms with Gasteiger partial charge in [-0.05, 0) is 84.2 Å². The molecule has 2 aromatic heterocycles. The van der Waals surface area contributed by atoms with Crippen molar-refractivity contribution >= 4 is 17.6 Å². The molecule has 2 heterocycles. The van der Waals surface area contributed by atoms with E-state index in [1.54, 1.807) is 0 Å². The minimum absolute atomic E-state index is 0.196. The van der Waals surface area contributed by atoms with Crippen molar-refractivity contribution in [3.05, 3.63) is 132 Å². The number of aromatic nitrogens is 2. The molecule has 4 aromatic rings. The highest BCUT2D eigenvalue weighted by Crippen LogP contribution is 2.33. The van der Waals surface area contributed by atoms with Crippen LogP contribution in [0.1, 0.15) is 119 Å². The van der Waals surface area contributed by atoms with E-state index in [2.05, 4.69) is 113 Å². The molecule has 0 spiro atoms. The molecule has 10 heteroatoms. The van der Waals surface area contributed by atoms with E-state index in [-0.39, 0.29) is 24.2 Å². The molecule has 0 radical (unpaired) electrons. The van der Waals surface area contributed by atoms with Gasteiger partial charge < -0.3 is 29.5 Å². The third-order valence-corrected chi connectivity index (χ3v) is 12.5. The molecule has 10 atom stereocenters. The molecule has 0 bridgehead atoms. The molecule has 0 aliphatic carbocycles. The first kappa shape index (κ1) is 45.1. The van der Waals surface area contributed by atoms with E-state index in [0.29, 0.717) is 62.2 Å². The van der Waals surface area contributed by atoms with E-state index in [0.717, 1.165) is 25.7 Å². The Labute approximate surface area is 333 Å². The summed E-state index contributed by atoms with van der Waals surface area (Å²) >= 11 is 0. The molecule has 10 unspecified atom stereocenters. The fourth-order valence-corrected chi connectivity index (χ4v) is 8.70. The average Bonchev–Trinajstić information content (AvgIpc) is 3.20. The van der Waals surface area contributed by atoms with E-state index in [9.17, 15) is 20.4 Å². The third kappa shape index (κ3) is 16.4. The number of benzene rings is 2. The molecule has 4 N–H and O–H groups in total. The topological polar surface area (TPSA) is 107 Å². The van der Waals surface area contributed by atoms with Crippen LogP contribution in [0.25, 0.3) is 0 Å². The quantitative estimate of drug-likeness (QED) is 0.0222. The highest BCUT2D eigenvalue weighted by atomic mass is 31.1. The Morgan fingerprint density at radius 2 is 1.07 bits per heavy atom. The van der Waals surface area contributed by atoms with Gasteiger partial charge in [-0.2, -0.15) is 4.57 Å². The van der Waals surface area contributed by atoms with E-state index in [1.807, 2.05) is 33.9 Å². The second-order valence-corrected chi connectivity index (χ2v) is 17.2. The van der Waals surface area contributed by atoms with Gasteiger partial charge in [0.1, 0.15) is 6.10 Å². The molecular weight excluding hydrogens is 726 g/mol. The number of nitrogens with zero attached hydrogens (tertiary/aromatic N) is 2. The summed E-state index contributed by atoms with van der Waals surface area (Å²) in [5.74, 6) is 1.17. The maximum absolute atomic E-state index is 10.6. The first-order chi connectivity index (χ1) is 26.6. The number of hydrogen-bond donors (Lipinski definition) is 4. The highest BCUT2D eigenvalue weighted by Gasteiger charge is 2.20. The van der Waals surface area contributed by atoms with Crippen molar-refractivity contribution < 1.29 is 38.6 Å². The molecule has 0 aliphatic heterocycles. The average molecular weight is 793 g/mol. The van der Waals surface area contributed by atoms with Gasteiger partial charge in [-0.3, -0.25) is 0 Å². The third-order valence-electron chi connectivity index (χ3n) is 10.6. The van der Waals surface area contributed by atoms with Crippen LogP contribution in [0.3, 0.4) is 0 Å². The van der Waals surface area contributed by atoms with E-state index in [1.165, 1.54) is 22.3 Å². The zero-order valence-electron chi connectivity index (χ0n) is 33.3. The molecule has 55 heavy (non-hydrogen) atoms. The molecule has 300 valence electrons. The molecule has 0 aliphatic rings. The lowest BCUT2D eigenvalue weighted by Gasteiger charge is -2.20. The SMILES string of the molecule is CCC(CC(C)c1cc[n+](CC(O)OPC(O)CCOPCCC(O)CC(O)C[n+]2ccc(C(CC)CC(C)c3ccccc3)cc2)cc1)c1ccccc1. The zero-order chi connectivity index (χ0) is 39.4. The summed E-state index contributed by atoms with van der Waals surface area (Å²) in [6, 6.07) is 29.9. The number of pyridine rings is 2. The summed E-state index contributed by atoms with van der Waals surface area (Å²) in [7, 11) is -0.0599. The second kappa shape index (κ2) is 24.9. The van der Waals surface area contributed by atoms with Crippen LogP contribution in [-0.4, -0.2) is 57.5 Å². The van der Waals surface area contributed by atoms with Crippen LogP contribution in [0.2, 0.25) is 0 Å². The van der Waals surface area contributed by atoms with Crippen molar-refractivity contribution in [2.24, 2.45) is 0 Å². The molecule has 0 fully saturated rings. The summed E-state index contributed by atoms with van der Waals surface area (Å²) in [6.07, 6.45) is 12.0. The van der Waals surface area contributed by atoms with Gasteiger partial charge in [-0.15, -0.1) is 0 Å². The number of rotatable bonds is 26. The van der Waals surface area contributed by atoms with E-state index >= 15 is 0 Å². The van der Waals surface area contributed by atoms with Gasteiger partial charge in [0.05, 0.1) is 18.6 Å². The highest BCUT2D eigenvalue weighted by molar-refractivity contribution is 7.33. The van der Waals surface area contributed by atoms with Crippen molar-refractivity contribution in [1.82, 2.24) is 0 Å². The van der Waals surface area contributed by atoms with E-state index in [4.69, 9.17) is 9.05 Å². The molecule has 8 nitrogen and oxygen atoms in total. The lowest BCUT2D eigenvalue weighted by atomic mass is 9.85. The number of aliphatic hydroxyl groups excluding tert-OH is 4. The van der Waals surface area contributed by atoms with Gasteiger partial charge in [0.2, 0.25) is 6.29 Å². The zero-order valence-corrected chi connectivity index (χ0v) is 35.3. The van der Waals surface area contributed by atoms with Crippen molar-refractivity contribution in [1.29, 1.82) is 0 Å². The molecule has 0 saturated carbocycles. The Balaban J connectivity index is 1.04. The number of aliphatic hydroxyl groups is 4. The first-order valence-electron chi connectivity index (χ1n) is 20.2. The van der Waals surface area contributed by atoms with Crippen LogP contribution >= 0.6 is 17.6 Å². The maximum Gasteiger partial charge on any atom is 0.218 e. The predicted octanol–water partition coefficient (Wildman–Crippen LogP) is 8.09. The Kier molecular flexibility index (Phi) is 20.4. The second-order valence-electron chi connectivity index (χ2n) is 15.0. The van der Waals surface area contributed by atoms with Crippen LogP contribution < -0.4 is 9.13 Å². The van der Waals surface area contributed by atoms with E-state index < -0.39 is 24.3 Å². The largest absolute Gasteiger partial charge is 0.393 e. The van der Waals surface area contributed by atoms with Gasteiger partial charge in [-0.1, -0.05) is 88.4 Å². The van der Waals surface area contributed by atoms with Gasteiger partial charge >= 0.3 is 0 Å². The molecule has 4 rings (SSSR count). The summed E-state index contributed by atoms with van der Waals surface area (Å²) in [6.45, 7) is 10.1. The molecular formula is C45H66N2O6P2+2. The lowest BCUT2D eigenvalue weighted by Crippen LogP contribution is -2.40. The fraction of sp³-hybridized carbons (Fsp3) is 0.511. The Morgan fingerprint density at radius 3 is 1.64 bits per heavy atom. The predicted molar refractivity (Wildman–Crippen MR) is 225 cm³/mol. The summed E-state index contributed by atoms with van der Waals surface area (Å²) in [4.78, 5) is 0. The van der Waals surface area contributed by atoms with Crippen molar-refractivity contribution in [3.63, 3.8) is 0 Å². The van der Waals surface area contributed by atoms with Crippen LogP contribution in [0.5, 0.6) is 0 Å². The van der Waals surface area contributed by atoms with Crippen LogP contribution in [0, 0.1) is 0 Å². The van der Waals surface area contributed by atoms with Gasteiger partial charge in [0, 0.05) is 54.7 Å². The van der Waals surface area contributed by atoms with Crippen LogP contribution in [-0.2, 0) is 22.1 Å². The van der Waals surface area contributed by atoms with Crippen LogP contribution in [0.4, 0.5) is 0 Å². The monoisotopic (exact) mass is 792 g/mol. The normalized spacial score (nSPS) is 16.6. The van der Waals surface area contributed by atoms with Gasteiger partial charge in [0.15, 0.2) is 37.9 Å². The van der Waals surface area contributed by atoms with Crippen molar-refractivity contribution in [3.8, 4) is 0 Å². The Bertz CT molecular complexity index is 1590. The standard InChI is InChI=1S/C45H66N2O6P2/c1-5-36(40-15-11-8-12-16-40)30-35(4)39-17-23-47(24-18-39)33-44(50)53-55-45(51)21-27-52-54-28-22-42(48)31-43(49)32-46-25-19-41(20-26-46)37(6-2)29-34(3)38-13-9-7-10-14-38/h7-20,23-26,34-37,42-45,48-51,54-55H,5-6,21-22,27-33H2,1-4H3/q+2. The minimum atomic E-state index is -1.02. The summed E-state index contributed by atoms with van der Waals surface area (Å²) in [5.41, 5.74) is 5.35. The molecule has 0 amide bonds. The van der Waals surface area contributed by atoms with Gasteiger partial charge in [0.25, 0.3) is 0 Å². The number of hydrogen-bond acceptors (Lipinski definition) is 6. The molecule has 2 aromatic carbocycles.